The predicted octanol–water partition coefficient (Wildman–Crippen LogP) is 5.12. The lowest BCUT2D eigenvalue weighted by atomic mass is 10.1. The Morgan fingerprint density at radius 3 is 2.55 bits per heavy atom. The highest BCUT2D eigenvalue weighted by Gasteiger charge is 2.17. The zero-order chi connectivity index (χ0) is 21.0. The molecule has 0 aliphatic carbocycles. The topological polar surface area (TPSA) is 35.2 Å². The van der Waals surface area contributed by atoms with E-state index in [9.17, 15) is 4.39 Å². The molecule has 3 heterocycles. The van der Waals surface area contributed by atoms with Gasteiger partial charge in [0.25, 0.3) is 0 Å². The van der Waals surface area contributed by atoms with Crippen molar-refractivity contribution in [3.05, 3.63) is 84.4 Å². The first-order valence-corrected chi connectivity index (χ1v) is 11.0. The molecule has 1 saturated heterocycles. The second-order valence-electron chi connectivity index (χ2n) is 8.20. The lowest BCUT2D eigenvalue weighted by Gasteiger charge is -2.36. The number of aromatic amines is 1. The molecule has 158 valence electrons. The van der Waals surface area contributed by atoms with Crippen molar-refractivity contribution in [3.63, 3.8) is 0 Å². The van der Waals surface area contributed by atoms with Gasteiger partial charge >= 0.3 is 0 Å². The first-order chi connectivity index (χ1) is 15.3. The van der Waals surface area contributed by atoms with Gasteiger partial charge in [0.2, 0.25) is 0 Å². The number of nitrogens with one attached hydrogen (secondary N) is 1. The van der Waals surface area contributed by atoms with Crippen molar-refractivity contribution in [2.45, 2.75) is 12.8 Å². The van der Waals surface area contributed by atoms with Crippen LogP contribution in [0.25, 0.3) is 22.2 Å². The van der Waals surface area contributed by atoms with Crippen LogP contribution < -0.4 is 4.90 Å². The fraction of sp³-hybridized carbons (Fsp3) is 0.269. The van der Waals surface area contributed by atoms with Crippen LogP contribution in [0.3, 0.4) is 0 Å². The van der Waals surface area contributed by atoms with Crippen LogP contribution in [0.1, 0.15) is 12.0 Å². The maximum absolute atomic E-state index is 13.6. The van der Waals surface area contributed by atoms with Gasteiger partial charge in [0, 0.05) is 60.7 Å². The monoisotopic (exact) mass is 414 g/mol. The second kappa shape index (κ2) is 8.90. The van der Waals surface area contributed by atoms with E-state index in [-0.39, 0.29) is 5.82 Å². The lowest BCUT2D eigenvalue weighted by molar-refractivity contribution is 0.255. The highest BCUT2D eigenvalue weighted by molar-refractivity contribution is 5.83. The third-order valence-electron chi connectivity index (χ3n) is 6.22. The molecule has 0 amide bonds. The summed E-state index contributed by atoms with van der Waals surface area (Å²) in [7, 11) is 0. The van der Waals surface area contributed by atoms with E-state index in [1.54, 1.807) is 6.07 Å². The summed E-state index contributed by atoms with van der Waals surface area (Å²) in [5.41, 5.74) is 5.66. The number of halogens is 1. The van der Waals surface area contributed by atoms with Crippen molar-refractivity contribution in [2.24, 2.45) is 0 Å². The van der Waals surface area contributed by atoms with Gasteiger partial charge in [0.05, 0.1) is 5.69 Å². The van der Waals surface area contributed by atoms with Crippen molar-refractivity contribution >= 4 is 16.6 Å². The van der Waals surface area contributed by atoms with E-state index in [0.717, 1.165) is 67.7 Å². The predicted molar refractivity (Wildman–Crippen MR) is 125 cm³/mol. The Morgan fingerprint density at radius 1 is 0.935 bits per heavy atom. The van der Waals surface area contributed by atoms with Gasteiger partial charge in [-0.3, -0.25) is 9.88 Å². The molecule has 31 heavy (non-hydrogen) atoms. The average Bonchev–Trinajstić information content (AvgIpc) is 3.22. The van der Waals surface area contributed by atoms with Gasteiger partial charge in [0.15, 0.2) is 0 Å². The Kier molecular flexibility index (Phi) is 5.67. The number of hydrogen-bond acceptors (Lipinski definition) is 3. The molecule has 0 atom stereocenters. The van der Waals surface area contributed by atoms with Crippen LogP contribution in [0.15, 0.2) is 73.1 Å². The molecule has 1 aliphatic heterocycles. The normalized spacial score (nSPS) is 14.9. The SMILES string of the molecule is Fc1ccc2[nH]cc(CCCN3CCN(c4ccc(-c5ccccn5)cc4)CC3)c2c1. The Bertz CT molecular complexity index is 1130. The molecule has 0 spiro atoms. The minimum Gasteiger partial charge on any atom is -0.369 e. The van der Waals surface area contributed by atoms with Crippen LogP contribution >= 0.6 is 0 Å². The molecule has 2 aromatic heterocycles. The largest absolute Gasteiger partial charge is 0.369 e. The third kappa shape index (κ3) is 4.47. The second-order valence-corrected chi connectivity index (χ2v) is 8.20. The fourth-order valence-electron chi connectivity index (χ4n) is 4.46. The Morgan fingerprint density at radius 2 is 1.77 bits per heavy atom. The van der Waals surface area contributed by atoms with E-state index in [2.05, 4.69) is 44.0 Å². The van der Waals surface area contributed by atoms with E-state index >= 15 is 0 Å². The van der Waals surface area contributed by atoms with E-state index in [1.165, 1.54) is 17.3 Å². The van der Waals surface area contributed by atoms with E-state index < -0.39 is 0 Å². The summed E-state index contributed by atoms with van der Waals surface area (Å²) < 4.78 is 13.6. The van der Waals surface area contributed by atoms with Crippen molar-refractivity contribution in [3.8, 4) is 11.3 Å². The molecule has 1 fully saturated rings. The standard InChI is InChI=1S/C26H27FN4/c27-22-8-11-26-24(18-22)21(19-29-26)4-3-13-30-14-16-31(17-15-30)23-9-6-20(7-10-23)25-5-1-2-12-28-25/h1-2,5-12,18-19,29H,3-4,13-17H2. The summed E-state index contributed by atoms with van der Waals surface area (Å²) in [6.07, 6.45) is 5.91. The van der Waals surface area contributed by atoms with E-state index in [4.69, 9.17) is 0 Å². The third-order valence-corrected chi connectivity index (χ3v) is 6.22. The quantitative estimate of drug-likeness (QED) is 0.475. The average molecular weight is 415 g/mol. The highest BCUT2D eigenvalue weighted by Crippen LogP contribution is 2.23. The smallest absolute Gasteiger partial charge is 0.123 e. The minimum absolute atomic E-state index is 0.169. The summed E-state index contributed by atoms with van der Waals surface area (Å²) in [5.74, 6) is -0.169. The number of piperazine rings is 1. The van der Waals surface area contributed by atoms with Crippen molar-refractivity contribution in [1.82, 2.24) is 14.9 Å². The van der Waals surface area contributed by atoms with Crippen LogP contribution in [-0.4, -0.2) is 47.6 Å². The molecule has 0 unspecified atom stereocenters. The molecular formula is C26H27FN4. The summed E-state index contributed by atoms with van der Waals surface area (Å²) in [4.78, 5) is 12.7. The van der Waals surface area contributed by atoms with E-state index in [1.807, 2.05) is 36.7 Å². The van der Waals surface area contributed by atoms with Crippen LogP contribution in [0.4, 0.5) is 10.1 Å². The summed E-state index contributed by atoms with van der Waals surface area (Å²) in [6.45, 7) is 5.31. The highest BCUT2D eigenvalue weighted by atomic mass is 19.1. The number of nitrogens with zero attached hydrogens (tertiary/aromatic N) is 3. The molecule has 0 bridgehead atoms. The molecule has 5 heteroatoms. The number of benzene rings is 2. The number of H-pyrrole nitrogens is 1. The summed E-state index contributed by atoms with van der Waals surface area (Å²) in [6, 6.07) is 19.7. The molecule has 0 saturated carbocycles. The van der Waals surface area contributed by atoms with Gasteiger partial charge in [-0.15, -0.1) is 0 Å². The van der Waals surface area contributed by atoms with Gasteiger partial charge in [-0.2, -0.15) is 0 Å². The van der Waals surface area contributed by atoms with Gasteiger partial charge in [-0.1, -0.05) is 18.2 Å². The Labute approximate surface area is 182 Å². The molecule has 2 aromatic carbocycles. The number of hydrogen-bond donors (Lipinski definition) is 1. The first-order valence-electron chi connectivity index (χ1n) is 11.0. The fourth-order valence-corrected chi connectivity index (χ4v) is 4.46. The van der Waals surface area contributed by atoms with Gasteiger partial charge in [-0.25, -0.2) is 4.39 Å². The van der Waals surface area contributed by atoms with Crippen molar-refractivity contribution in [1.29, 1.82) is 0 Å². The summed E-state index contributed by atoms with van der Waals surface area (Å²) >= 11 is 0. The molecule has 4 aromatic rings. The van der Waals surface area contributed by atoms with Gasteiger partial charge < -0.3 is 9.88 Å². The number of anilines is 1. The molecule has 5 rings (SSSR count). The van der Waals surface area contributed by atoms with Crippen LogP contribution in [0, 0.1) is 5.82 Å². The molecular weight excluding hydrogens is 387 g/mol. The Balaban J connectivity index is 1.12. The van der Waals surface area contributed by atoms with E-state index in [0.29, 0.717) is 0 Å². The molecule has 1 N–H and O–H groups in total. The number of pyridine rings is 1. The number of fused-ring (bicyclic) bond motifs is 1. The lowest BCUT2D eigenvalue weighted by Crippen LogP contribution is -2.46. The minimum atomic E-state index is -0.169. The maximum atomic E-state index is 13.6. The van der Waals surface area contributed by atoms with Crippen molar-refractivity contribution < 1.29 is 4.39 Å². The van der Waals surface area contributed by atoms with Gasteiger partial charge in [-0.05, 0) is 67.4 Å². The number of aromatic nitrogens is 2. The van der Waals surface area contributed by atoms with Crippen LogP contribution in [0.2, 0.25) is 0 Å². The molecule has 1 aliphatic rings. The van der Waals surface area contributed by atoms with Crippen molar-refractivity contribution in [2.75, 3.05) is 37.6 Å². The summed E-state index contributed by atoms with van der Waals surface area (Å²) in [5, 5.41) is 1.01. The zero-order valence-electron chi connectivity index (χ0n) is 17.6. The number of aryl methyl sites for hydroxylation is 1. The van der Waals surface area contributed by atoms with Crippen LogP contribution in [0.5, 0.6) is 0 Å². The van der Waals surface area contributed by atoms with Crippen LogP contribution in [-0.2, 0) is 6.42 Å². The molecule has 0 radical (unpaired) electrons. The maximum Gasteiger partial charge on any atom is 0.123 e. The van der Waals surface area contributed by atoms with Gasteiger partial charge in [0.1, 0.15) is 5.82 Å². The first kappa shape index (κ1) is 19.8. The molecule has 4 nitrogen and oxygen atoms in total. The Hall–Kier alpha value is -3.18. The zero-order valence-corrected chi connectivity index (χ0v) is 17.6. The number of rotatable bonds is 6.